The van der Waals surface area contributed by atoms with Gasteiger partial charge >= 0.3 is 0 Å². The van der Waals surface area contributed by atoms with E-state index in [0.717, 1.165) is 0 Å². The van der Waals surface area contributed by atoms with Gasteiger partial charge in [-0.05, 0) is 6.07 Å². The number of benzene rings is 1. The van der Waals surface area contributed by atoms with Gasteiger partial charge in [0.15, 0.2) is 0 Å². The minimum atomic E-state index is -0.549. The summed E-state index contributed by atoms with van der Waals surface area (Å²) in [4.78, 5) is 3.82. The Hall–Kier alpha value is -2.66. The van der Waals surface area contributed by atoms with Crippen molar-refractivity contribution in [2.24, 2.45) is 0 Å². The largest absolute Gasteiger partial charge is 0.318 e. The first-order valence-corrected chi connectivity index (χ1v) is 4.85. The number of imidazole rings is 1. The molecular weight excluding hydrogens is 219 g/mol. The molecule has 0 amide bonds. The molecule has 1 aromatic heterocycles. The summed E-state index contributed by atoms with van der Waals surface area (Å²) >= 11 is 0. The van der Waals surface area contributed by atoms with Crippen LogP contribution < -0.4 is 0 Å². The molecule has 4 nitrogen and oxygen atoms in total. The van der Waals surface area contributed by atoms with E-state index in [-0.39, 0.29) is 17.9 Å². The zero-order valence-electron chi connectivity index (χ0n) is 8.76. The minimum Gasteiger partial charge on any atom is -0.318 e. The van der Waals surface area contributed by atoms with Gasteiger partial charge in [0.05, 0.1) is 12.1 Å². The molecule has 0 saturated heterocycles. The molecule has 0 aliphatic rings. The van der Waals surface area contributed by atoms with E-state index in [1.165, 1.54) is 16.8 Å². The van der Waals surface area contributed by atoms with Crippen LogP contribution in [0.25, 0.3) is 0 Å². The highest BCUT2D eigenvalue weighted by Crippen LogP contribution is 2.14. The van der Waals surface area contributed by atoms with Crippen LogP contribution in [-0.2, 0) is 6.54 Å². The quantitative estimate of drug-likeness (QED) is 0.784. The average molecular weight is 226 g/mol. The summed E-state index contributed by atoms with van der Waals surface area (Å²) in [5.41, 5.74) is 0.361. The Kier molecular flexibility index (Phi) is 2.85. The van der Waals surface area contributed by atoms with Crippen molar-refractivity contribution in [2.45, 2.75) is 6.54 Å². The van der Waals surface area contributed by atoms with Crippen molar-refractivity contribution in [3.8, 4) is 12.1 Å². The number of nitrogens with zero attached hydrogens (tertiary/aromatic N) is 4. The summed E-state index contributed by atoms with van der Waals surface area (Å²) < 4.78 is 15.3. The van der Waals surface area contributed by atoms with E-state index in [9.17, 15) is 4.39 Å². The fourth-order valence-electron chi connectivity index (χ4n) is 1.52. The molecule has 2 aromatic rings. The number of halogens is 1. The molecule has 0 radical (unpaired) electrons. The number of rotatable bonds is 2. The fourth-order valence-corrected chi connectivity index (χ4v) is 1.52. The molecule has 0 spiro atoms. The zero-order valence-corrected chi connectivity index (χ0v) is 8.76. The van der Waals surface area contributed by atoms with E-state index in [2.05, 4.69) is 4.98 Å². The van der Waals surface area contributed by atoms with Crippen LogP contribution >= 0.6 is 0 Å². The molecule has 0 bridgehead atoms. The molecule has 1 heterocycles. The van der Waals surface area contributed by atoms with Gasteiger partial charge in [0.25, 0.3) is 0 Å². The Balaban J connectivity index is 2.38. The van der Waals surface area contributed by atoms with Crippen molar-refractivity contribution in [1.82, 2.24) is 9.55 Å². The maximum Gasteiger partial charge on any atom is 0.213 e. The second kappa shape index (κ2) is 4.46. The number of hydrogen-bond donors (Lipinski definition) is 0. The molecule has 0 aliphatic carbocycles. The Morgan fingerprint density at radius 2 is 2.12 bits per heavy atom. The van der Waals surface area contributed by atoms with Crippen LogP contribution in [0.3, 0.4) is 0 Å². The lowest BCUT2D eigenvalue weighted by atomic mass is 10.1. The molecule has 17 heavy (non-hydrogen) atoms. The molecule has 0 saturated carbocycles. The maximum atomic E-state index is 13.8. The van der Waals surface area contributed by atoms with Crippen LogP contribution in [0, 0.1) is 28.5 Å². The fraction of sp³-hybridized carbons (Fsp3) is 0.0833. The predicted octanol–water partition coefficient (Wildman–Crippen LogP) is 1.81. The molecular formula is C12H7FN4. The first-order valence-electron chi connectivity index (χ1n) is 4.85. The van der Waals surface area contributed by atoms with Crippen LogP contribution in [0.5, 0.6) is 0 Å². The Morgan fingerprint density at radius 3 is 2.82 bits per heavy atom. The third-order valence-electron chi connectivity index (χ3n) is 2.36. The van der Waals surface area contributed by atoms with Crippen LogP contribution in [0.1, 0.15) is 17.0 Å². The number of hydrogen-bond acceptors (Lipinski definition) is 3. The SMILES string of the molecule is N#Cc1cccc(Cn2ccnc2C#N)c1F. The van der Waals surface area contributed by atoms with Gasteiger partial charge in [-0.3, -0.25) is 0 Å². The van der Waals surface area contributed by atoms with Gasteiger partial charge in [-0.15, -0.1) is 0 Å². The van der Waals surface area contributed by atoms with Gasteiger partial charge in [0, 0.05) is 18.0 Å². The lowest BCUT2D eigenvalue weighted by molar-refractivity contribution is 0.595. The second-order valence-corrected chi connectivity index (χ2v) is 3.38. The molecule has 1 aromatic carbocycles. The van der Waals surface area contributed by atoms with Crippen molar-refractivity contribution in [2.75, 3.05) is 0 Å². The summed E-state index contributed by atoms with van der Waals surface area (Å²) in [7, 11) is 0. The van der Waals surface area contributed by atoms with Gasteiger partial charge in [0.2, 0.25) is 5.82 Å². The van der Waals surface area contributed by atoms with E-state index < -0.39 is 5.82 Å². The van der Waals surface area contributed by atoms with Crippen molar-refractivity contribution in [3.63, 3.8) is 0 Å². The highest BCUT2D eigenvalue weighted by atomic mass is 19.1. The van der Waals surface area contributed by atoms with Crippen molar-refractivity contribution in [3.05, 3.63) is 53.4 Å². The third kappa shape index (κ3) is 1.99. The molecule has 5 heteroatoms. The smallest absolute Gasteiger partial charge is 0.213 e. The minimum absolute atomic E-state index is 0.00104. The highest BCUT2D eigenvalue weighted by Gasteiger charge is 2.09. The van der Waals surface area contributed by atoms with E-state index in [1.54, 1.807) is 24.4 Å². The molecule has 0 aliphatic heterocycles. The first-order chi connectivity index (χ1) is 8.26. The van der Waals surface area contributed by atoms with Crippen molar-refractivity contribution >= 4 is 0 Å². The Morgan fingerprint density at radius 1 is 1.29 bits per heavy atom. The van der Waals surface area contributed by atoms with Crippen molar-refractivity contribution < 1.29 is 4.39 Å². The summed E-state index contributed by atoms with van der Waals surface area (Å²) in [6.45, 7) is 0.185. The standard InChI is InChI=1S/C12H7FN4/c13-12-9(6-14)2-1-3-10(12)8-17-5-4-16-11(17)7-15/h1-5H,8H2. The molecule has 82 valence electrons. The number of nitriles is 2. The lowest BCUT2D eigenvalue weighted by Gasteiger charge is -2.05. The number of aromatic nitrogens is 2. The van der Waals surface area contributed by atoms with Crippen LogP contribution in [0.4, 0.5) is 4.39 Å². The van der Waals surface area contributed by atoms with Crippen LogP contribution in [0.2, 0.25) is 0 Å². The topological polar surface area (TPSA) is 65.4 Å². The summed E-state index contributed by atoms with van der Waals surface area (Å²) in [5.74, 6) is -0.334. The Labute approximate surface area is 97.2 Å². The summed E-state index contributed by atoms with van der Waals surface area (Å²) in [5, 5.41) is 17.5. The molecule has 2 rings (SSSR count). The monoisotopic (exact) mass is 226 g/mol. The third-order valence-corrected chi connectivity index (χ3v) is 2.36. The van der Waals surface area contributed by atoms with Gasteiger partial charge in [-0.1, -0.05) is 12.1 Å². The molecule has 0 atom stereocenters. The summed E-state index contributed by atoms with van der Waals surface area (Å²) in [6.07, 6.45) is 3.07. The Bertz CT molecular complexity index is 631. The van der Waals surface area contributed by atoms with Crippen molar-refractivity contribution in [1.29, 1.82) is 10.5 Å². The average Bonchev–Trinajstić information content (AvgIpc) is 2.79. The zero-order chi connectivity index (χ0) is 12.3. The van der Waals surface area contributed by atoms with E-state index >= 15 is 0 Å². The lowest BCUT2D eigenvalue weighted by Crippen LogP contribution is -2.04. The van der Waals surface area contributed by atoms with Gasteiger partial charge < -0.3 is 4.57 Å². The summed E-state index contributed by atoms with van der Waals surface area (Å²) in [6, 6.07) is 8.29. The maximum absolute atomic E-state index is 13.8. The van der Waals surface area contributed by atoms with Gasteiger partial charge in [-0.2, -0.15) is 10.5 Å². The van der Waals surface area contributed by atoms with E-state index in [1.807, 2.05) is 6.07 Å². The molecule has 0 unspecified atom stereocenters. The van der Waals surface area contributed by atoms with E-state index in [0.29, 0.717) is 5.56 Å². The molecule has 0 N–H and O–H groups in total. The normalized spacial score (nSPS) is 9.59. The second-order valence-electron chi connectivity index (χ2n) is 3.38. The van der Waals surface area contributed by atoms with Crippen LogP contribution in [0.15, 0.2) is 30.6 Å². The van der Waals surface area contributed by atoms with E-state index in [4.69, 9.17) is 10.5 Å². The van der Waals surface area contributed by atoms with Gasteiger partial charge in [0.1, 0.15) is 18.0 Å². The highest BCUT2D eigenvalue weighted by molar-refractivity contribution is 5.35. The predicted molar refractivity (Wildman–Crippen MR) is 57.2 cm³/mol. The first kappa shape index (κ1) is 10.8. The van der Waals surface area contributed by atoms with Crippen LogP contribution in [-0.4, -0.2) is 9.55 Å². The molecule has 0 fully saturated rings. The van der Waals surface area contributed by atoms with Gasteiger partial charge in [-0.25, -0.2) is 9.37 Å².